The van der Waals surface area contributed by atoms with E-state index in [-0.39, 0.29) is 0 Å². The Morgan fingerprint density at radius 2 is 2.00 bits per heavy atom. The summed E-state index contributed by atoms with van der Waals surface area (Å²) < 4.78 is 7.74. The summed E-state index contributed by atoms with van der Waals surface area (Å²) in [7, 11) is 0. The lowest BCUT2D eigenvalue weighted by atomic mass is 10.2. The molecule has 0 saturated carbocycles. The van der Waals surface area contributed by atoms with E-state index in [2.05, 4.69) is 50.9 Å². The maximum atomic E-state index is 5.55. The lowest BCUT2D eigenvalue weighted by Gasteiger charge is -2.17. The molecule has 1 aromatic carbocycles. The van der Waals surface area contributed by atoms with Gasteiger partial charge in [-0.15, -0.1) is 10.2 Å². The standard InChI is InChI=1S/C19H22N4OS/c1-15-6-4-7-16(12-15)14-25-19-21-20-18(22-9-2-3-10-22)23(19)13-17-8-5-11-24-17/h4-8,11-12H,2-3,9-10,13-14H2,1H3. The Morgan fingerprint density at radius 1 is 1.12 bits per heavy atom. The minimum absolute atomic E-state index is 0.669. The third-order valence-electron chi connectivity index (χ3n) is 4.43. The van der Waals surface area contributed by atoms with Crippen LogP contribution in [0.2, 0.25) is 0 Å². The van der Waals surface area contributed by atoms with Crippen molar-refractivity contribution in [1.29, 1.82) is 0 Å². The van der Waals surface area contributed by atoms with Gasteiger partial charge in [-0.25, -0.2) is 0 Å². The van der Waals surface area contributed by atoms with E-state index in [0.717, 1.165) is 35.7 Å². The Bertz CT molecular complexity index is 822. The van der Waals surface area contributed by atoms with Crippen LogP contribution < -0.4 is 4.90 Å². The number of furan rings is 1. The predicted molar refractivity (Wildman–Crippen MR) is 100 cm³/mol. The monoisotopic (exact) mass is 354 g/mol. The van der Waals surface area contributed by atoms with Gasteiger partial charge in [-0.2, -0.15) is 0 Å². The smallest absolute Gasteiger partial charge is 0.228 e. The van der Waals surface area contributed by atoms with Gasteiger partial charge in [0.15, 0.2) is 5.16 Å². The van der Waals surface area contributed by atoms with Crippen LogP contribution in [0, 0.1) is 6.92 Å². The lowest BCUT2D eigenvalue weighted by molar-refractivity contribution is 0.483. The van der Waals surface area contributed by atoms with Gasteiger partial charge in [0.05, 0.1) is 12.8 Å². The van der Waals surface area contributed by atoms with E-state index in [0.29, 0.717) is 6.54 Å². The number of anilines is 1. The quantitative estimate of drug-likeness (QED) is 0.623. The molecule has 1 aliphatic heterocycles. The van der Waals surface area contributed by atoms with Gasteiger partial charge in [-0.1, -0.05) is 41.6 Å². The highest BCUT2D eigenvalue weighted by Crippen LogP contribution is 2.28. The van der Waals surface area contributed by atoms with Gasteiger partial charge in [0.25, 0.3) is 0 Å². The normalized spacial score (nSPS) is 14.4. The Labute approximate surface area is 152 Å². The SMILES string of the molecule is Cc1cccc(CSc2nnc(N3CCCC3)n2Cc2ccco2)c1. The average Bonchev–Trinajstić information content (AvgIpc) is 3.36. The van der Waals surface area contributed by atoms with E-state index in [4.69, 9.17) is 4.42 Å². The number of hydrogen-bond donors (Lipinski definition) is 0. The maximum absolute atomic E-state index is 5.55. The molecule has 5 nitrogen and oxygen atoms in total. The molecule has 0 N–H and O–H groups in total. The second-order valence-corrected chi connectivity index (χ2v) is 7.36. The van der Waals surface area contributed by atoms with E-state index in [9.17, 15) is 0 Å². The molecule has 4 rings (SSSR count). The fourth-order valence-corrected chi connectivity index (χ4v) is 4.06. The van der Waals surface area contributed by atoms with Crippen molar-refractivity contribution < 1.29 is 4.42 Å². The molecule has 0 bridgehead atoms. The van der Waals surface area contributed by atoms with Gasteiger partial charge >= 0.3 is 0 Å². The highest BCUT2D eigenvalue weighted by atomic mass is 32.2. The molecule has 25 heavy (non-hydrogen) atoms. The third kappa shape index (κ3) is 3.74. The van der Waals surface area contributed by atoms with Crippen LogP contribution in [-0.4, -0.2) is 27.9 Å². The van der Waals surface area contributed by atoms with Crippen LogP contribution in [0.15, 0.2) is 52.2 Å². The topological polar surface area (TPSA) is 47.1 Å². The van der Waals surface area contributed by atoms with Crippen LogP contribution in [0.5, 0.6) is 0 Å². The van der Waals surface area contributed by atoms with Crippen molar-refractivity contribution >= 4 is 17.7 Å². The molecule has 3 heterocycles. The minimum Gasteiger partial charge on any atom is -0.467 e. The summed E-state index contributed by atoms with van der Waals surface area (Å²) in [6, 6.07) is 12.5. The summed E-state index contributed by atoms with van der Waals surface area (Å²) in [5.74, 6) is 2.77. The van der Waals surface area contributed by atoms with Crippen LogP contribution in [-0.2, 0) is 12.3 Å². The number of hydrogen-bond acceptors (Lipinski definition) is 5. The molecule has 2 aromatic heterocycles. The van der Waals surface area contributed by atoms with Crippen molar-refractivity contribution in [3.63, 3.8) is 0 Å². The molecule has 0 amide bonds. The first-order chi connectivity index (χ1) is 12.3. The zero-order chi connectivity index (χ0) is 17.1. The summed E-state index contributed by atoms with van der Waals surface area (Å²) in [6.07, 6.45) is 4.16. The first kappa shape index (κ1) is 16.3. The number of nitrogens with zero attached hydrogens (tertiary/aromatic N) is 4. The Morgan fingerprint density at radius 3 is 2.76 bits per heavy atom. The number of aryl methyl sites for hydroxylation is 1. The summed E-state index contributed by atoms with van der Waals surface area (Å²) in [6.45, 7) is 4.90. The Hall–Kier alpha value is -2.21. The van der Waals surface area contributed by atoms with Gasteiger partial charge in [0.1, 0.15) is 5.76 Å². The fourth-order valence-electron chi connectivity index (χ4n) is 3.19. The fraction of sp³-hybridized carbons (Fsp3) is 0.368. The molecule has 1 aliphatic rings. The van der Waals surface area contributed by atoms with Gasteiger partial charge < -0.3 is 9.32 Å². The van der Waals surface area contributed by atoms with Gasteiger partial charge in [-0.3, -0.25) is 4.57 Å². The zero-order valence-corrected chi connectivity index (χ0v) is 15.2. The van der Waals surface area contributed by atoms with Crippen molar-refractivity contribution in [3.05, 3.63) is 59.5 Å². The van der Waals surface area contributed by atoms with Crippen molar-refractivity contribution in [1.82, 2.24) is 14.8 Å². The second kappa shape index (κ2) is 7.35. The van der Waals surface area contributed by atoms with Gasteiger partial charge in [0.2, 0.25) is 5.95 Å². The van der Waals surface area contributed by atoms with E-state index in [1.54, 1.807) is 18.0 Å². The summed E-state index contributed by atoms with van der Waals surface area (Å²) in [4.78, 5) is 2.33. The molecule has 6 heteroatoms. The average molecular weight is 354 g/mol. The van der Waals surface area contributed by atoms with Crippen LogP contribution in [0.4, 0.5) is 5.95 Å². The highest BCUT2D eigenvalue weighted by molar-refractivity contribution is 7.98. The molecule has 0 spiro atoms. The summed E-state index contributed by atoms with van der Waals surface area (Å²) in [5, 5.41) is 9.90. The van der Waals surface area contributed by atoms with Crippen molar-refractivity contribution in [2.45, 2.75) is 37.2 Å². The van der Waals surface area contributed by atoms with Crippen molar-refractivity contribution in [3.8, 4) is 0 Å². The zero-order valence-electron chi connectivity index (χ0n) is 14.4. The number of benzene rings is 1. The molecule has 1 saturated heterocycles. The second-order valence-electron chi connectivity index (χ2n) is 6.42. The number of thioether (sulfide) groups is 1. The molecule has 0 unspecified atom stereocenters. The molecule has 130 valence electrons. The molecule has 0 atom stereocenters. The molecule has 3 aromatic rings. The van der Waals surface area contributed by atoms with Crippen LogP contribution in [0.25, 0.3) is 0 Å². The maximum Gasteiger partial charge on any atom is 0.228 e. The van der Waals surface area contributed by atoms with Crippen LogP contribution >= 0.6 is 11.8 Å². The minimum atomic E-state index is 0.669. The van der Waals surface area contributed by atoms with Crippen molar-refractivity contribution in [2.75, 3.05) is 18.0 Å². The van der Waals surface area contributed by atoms with Crippen LogP contribution in [0.3, 0.4) is 0 Å². The largest absolute Gasteiger partial charge is 0.467 e. The lowest BCUT2D eigenvalue weighted by Crippen LogP contribution is -2.22. The van der Waals surface area contributed by atoms with E-state index >= 15 is 0 Å². The first-order valence-corrected chi connectivity index (χ1v) is 9.67. The van der Waals surface area contributed by atoms with E-state index in [1.165, 1.54) is 24.0 Å². The van der Waals surface area contributed by atoms with E-state index in [1.807, 2.05) is 12.1 Å². The molecular weight excluding hydrogens is 332 g/mol. The highest BCUT2D eigenvalue weighted by Gasteiger charge is 2.22. The summed E-state index contributed by atoms with van der Waals surface area (Å²) in [5.41, 5.74) is 2.59. The first-order valence-electron chi connectivity index (χ1n) is 8.68. The molecule has 0 radical (unpaired) electrons. The van der Waals surface area contributed by atoms with Gasteiger partial charge in [0, 0.05) is 18.8 Å². The van der Waals surface area contributed by atoms with E-state index < -0.39 is 0 Å². The third-order valence-corrected chi connectivity index (χ3v) is 5.47. The van der Waals surface area contributed by atoms with Gasteiger partial charge in [-0.05, 0) is 37.5 Å². The molecule has 0 aliphatic carbocycles. The number of aromatic nitrogens is 3. The number of rotatable bonds is 6. The summed E-state index contributed by atoms with van der Waals surface area (Å²) >= 11 is 1.73. The molecule has 1 fully saturated rings. The Kier molecular flexibility index (Phi) is 4.78. The Balaban J connectivity index is 1.57. The molecular formula is C19H22N4OS. The predicted octanol–water partition coefficient (Wildman–Crippen LogP) is 4.12. The van der Waals surface area contributed by atoms with Crippen LogP contribution in [0.1, 0.15) is 29.7 Å². The van der Waals surface area contributed by atoms with Crippen molar-refractivity contribution in [2.24, 2.45) is 0 Å².